The van der Waals surface area contributed by atoms with Crippen molar-refractivity contribution < 1.29 is 0 Å². The first-order valence-electron chi connectivity index (χ1n) is 20.0. The van der Waals surface area contributed by atoms with Crippen molar-refractivity contribution in [2.45, 2.75) is 51.4 Å². The monoisotopic (exact) mass is 725 g/mol. The fraction of sp³-hybridized carbons (Fsp3) is 0.216. The van der Waals surface area contributed by atoms with Crippen LogP contribution in [0.1, 0.15) is 57.1 Å². The van der Waals surface area contributed by atoms with Crippen molar-refractivity contribution in [3.63, 3.8) is 0 Å². The molecule has 2 aromatic heterocycles. The molecule has 0 amide bonds. The third-order valence-corrected chi connectivity index (χ3v) is 12.4. The standard InChI is InChI=1S/C51H43N5/c1-33-25-36-26-34(2)30-51(29-33,31-36)42-22-19-39(20-23-42)49-53-48(38-17-15-35(32-52)16-18-38)54-50(55-49)41-21-24-47-45(28-41)44-13-6-7-14-46(44)56(47)43-12-8-11-40(27-43)37-9-4-3-5-10-37/h3-24,27-28,33-34,36H,25-26,29-31H2,1-2H3/t33-,34+,36?,51?. The molecule has 2 bridgehead atoms. The zero-order valence-electron chi connectivity index (χ0n) is 31.9. The van der Waals surface area contributed by atoms with Gasteiger partial charge in [-0.3, -0.25) is 0 Å². The lowest BCUT2D eigenvalue weighted by molar-refractivity contribution is 0.0780. The molecule has 10 rings (SSSR count). The lowest BCUT2D eigenvalue weighted by Gasteiger charge is -2.50. The minimum atomic E-state index is 0.258. The van der Waals surface area contributed by atoms with Gasteiger partial charge >= 0.3 is 0 Å². The molecule has 0 N–H and O–H groups in total. The maximum atomic E-state index is 9.49. The van der Waals surface area contributed by atoms with Gasteiger partial charge in [0.15, 0.2) is 17.5 Å². The Morgan fingerprint density at radius 3 is 1.82 bits per heavy atom. The highest BCUT2D eigenvalue weighted by molar-refractivity contribution is 6.10. The number of nitrogens with zero attached hydrogens (tertiary/aromatic N) is 5. The average molecular weight is 726 g/mol. The van der Waals surface area contributed by atoms with Crippen LogP contribution in [-0.2, 0) is 5.41 Å². The summed E-state index contributed by atoms with van der Waals surface area (Å²) < 4.78 is 2.35. The molecule has 0 saturated heterocycles. The van der Waals surface area contributed by atoms with Crippen LogP contribution in [-0.4, -0.2) is 19.5 Å². The maximum Gasteiger partial charge on any atom is 0.164 e. The van der Waals surface area contributed by atoms with E-state index in [4.69, 9.17) is 15.0 Å². The second-order valence-electron chi connectivity index (χ2n) is 16.5. The van der Waals surface area contributed by atoms with Crippen molar-refractivity contribution in [2.75, 3.05) is 0 Å². The van der Waals surface area contributed by atoms with Crippen LogP contribution in [0.25, 0.3) is 72.8 Å². The van der Waals surface area contributed by atoms with Crippen molar-refractivity contribution in [3.05, 3.63) is 157 Å². The van der Waals surface area contributed by atoms with Crippen LogP contribution in [0, 0.1) is 29.1 Å². The largest absolute Gasteiger partial charge is 0.309 e. The van der Waals surface area contributed by atoms with Gasteiger partial charge in [-0.15, -0.1) is 0 Å². The molecule has 0 aliphatic heterocycles. The summed E-state index contributed by atoms with van der Waals surface area (Å²) in [7, 11) is 0. The van der Waals surface area contributed by atoms with E-state index in [2.05, 4.69) is 146 Å². The Morgan fingerprint density at radius 1 is 0.536 bits per heavy atom. The molecule has 0 spiro atoms. The molecule has 5 heteroatoms. The topological polar surface area (TPSA) is 67.4 Å². The molecule has 8 aromatic rings. The zero-order chi connectivity index (χ0) is 37.8. The quantitative estimate of drug-likeness (QED) is 0.171. The summed E-state index contributed by atoms with van der Waals surface area (Å²) in [6.07, 6.45) is 6.57. The number of fused-ring (bicyclic) bond motifs is 5. The molecule has 6 aromatic carbocycles. The van der Waals surface area contributed by atoms with Gasteiger partial charge in [0.1, 0.15) is 0 Å². The highest BCUT2D eigenvalue weighted by Gasteiger charge is 2.45. The van der Waals surface area contributed by atoms with E-state index in [9.17, 15) is 5.26 Å². The Balaban J connectivity index is 1.09. The van der Waals surface area contributed by atoms with Crippen molar-refractivity contribution >= 4 is 21.8 Å². The number of hydrogen-bond donors (Lipinski definition) is 0. The minimum absolute atomic E-state index is 0.258. The Hall–Kier alpha value is -6.38. The molecule has 0 radical (unpaired) electrons. The van der Waals surface area contributed by atoms with Gasteiger partial charge in [-0.1, -0.05) is 98.8 Å². The van der Waals surface area contributed by atoms with Crippen LogP contribution in [0.2, 0.25) is 0 Å². The first-order valence-corrected chi connectivity index (χ1v) is 20.0. The number of benzene rings is 6. The summed E-state index contributed by atoms with van der Waals surface area (Å²) in [6, 6.07) is 53.3. The van der Waals surface area contributed by atoms with E-state index in [1.807, 2.05) is 24.3 Å². The molecular weight excluding hydrogens is 683 g/mol. The number of aromatic nitrogens is 4. The minimum Gasteiger partial charge on any atom is -0.309 e. The van der Waals surface area contributed by atoms with Crippen LogP contribution in [0.5, 0.6) is 0 Å². The van der Waals surface area contributed by atoms with E-state index in [-0.39, 0.29) is 5.41 Å². The highest BCUT2D eigenvalue weighted by atomic mass is 15.0. The van der Waals surface area contributed by atoms with E-state index >= 15 is 0 Å². The Morgan fingerprint density at radius 2 is 1.12 bits per heavy atom. The first-order chi connectivity index (χ1) is 27.4. The molecule has 2 heterocycles. The third-order valence-electron chi connectivity index (χ3n) is 12.4. The second kappa shape index (κ2) is 13.7. The predicted octanol–water partition coefficient (Wildman–Crippen LogP) is 12.6. The molecule has 2 fully saturated rings. The van der Waals surface area contributed by atoms with Crippen LogP contribution < -0.4 is 0 Å². The Labute approximate surface area is 328 Å². The Kier molecular flexibility index (Phi) is 8.37. The van der Waals surface area contributed by atoms with Crippen LogP contribution in [0.15, 0.2) is 146 Å². The van der Waals surface area contributed by atoms with Gasteiger partial charge < -0.3 is 4.57 Å². The molecule has 2 saturated carbocycles. The van der Waals surface area contributed by atoms with Crippen LogP contribution in [0.4, 0.5) is 0 Å². The van der Waals surface area contributed by atoms with Crippen molar-refractivity contribution in [1.29, 1.82) is 5.26 Å². The normalized spacial score (nSPS) is 20.6. The van der Waals surface area contributed by atoms with Gasteiger partial charge in [0, 0.05) is 33.2 Å². The fourth-order valence-electron chi connectivity index (χ4n) is 10.3. The van der Waals surface area contributed by atoms with Crippen LogP contribution in [0.3, 0.4) is 0 Å². The molecule has 4 atom stereocenters. The highest BCUT2D eigenvalue weighted by Crippen LogP contribution is 2.54. The zero-order valence-corrected chi connectivity index (χ0v) is 31.9. The first kappa shape index (κ1) is 34.1. The van der Waals surface area contributed by atoms with E-state index in [0.29, 0.717) is 23.0 Å². The predicted molar refractivity (Wildman–Crippen MR) is 227 cm³/mol. The van der Waals surface area contributed by atoms with Gasteiger partial charge in [0.2, 0.25) is 0 Å². The summed E-state index contributed by atoms with van der Waals surface area (Å²) in [5.74, 6) is 4.19. The van der Waals surface area contributed by atoms with Gasteiger partial charge in [-0.05, 0) is 133 Å². The molecule has 2 unspecified atom stereocenters. The summed E-state index contributed by atoms with van der Waals surface area (Å²) >= 11 is 0. The number of nitriles is 1. The smallest absolute Gasteiger partial charge is 0.164 e. The SMILES string of the molecule is C[C@@H]1CC2C[C@H](C)CC(c3ccc(-c4nc(-c5ccc(C#N)cc5)nc(-c5ccc6c(c5)c5ccccc5n6-c5cccc(-c6ccccc6)c5)n4)cc3)(C2)C1. The van der Waals surface area contributed by atoms with Gasteiger partial charge in [0.05, 0.1) is 22.7 Å². The molecule has 2 aliphatic rings. The van der Waals surface area contributed by atoms with E-state index < -0.39 is 0 Å². The second-order valence-corrected chi connectivity index (χ2v) is 16.5. The Bertz CT molecular complexity index is 2760. The number of hydrogen-bond acceptors (Lipinski definition) is 4. The summed E-state index contributed by atoms with van der Waals surface area (Å²) in [4.78, 5) is 15.3. The molecule has 272 valence electrons. The van der Waals surface area contributed by atoms with Gasteiger partial charge in [0.25, 0.3) is 0 Å². The number of rotatable bonds is 6. The van der Waals surface area contributed by atoms with E-state index in [1.54, 1.807) is 0 Å². The van der Waals surface area contributed by atoms with Crippen molar-refractivity contribution in [2.24, 2.45) is 17.8 Å². The van der Waals surface area contributed by atoms with Crippen LogP contribution >= 0.6 is 0 Å². The van der Waals surface area contributed by atoms with E-state index in [0.717, 1.165) is 56.6 Å². The lowest BCUT2D eigenvalue weighted by Crippen LogP contribution is -2.42. The number of para-hydroxylation sites is 1. The fourth-order valence-corrected chi connectivity index (χ4v) is 10.3. The maximum absolute atomic E-state index is 9.49. The third kappa shape index (κ3) is 6.07. The lowest BCUT2D eigenvalue weighted by atomic mass is 9.54. The molecule has 5 nitrogen and oxygen atoms in total. The molecular formula is C51H43N5. The van der Waals surface area contributed by atoms with Gasteiger partial charge in [-0.2, -0.15) is 5.26 Å². The summed E-state index contributed by atoms with van der Waals surface area (Å²) in [6.45, 7) is 4.89. The van der Waals surface area contributed by atoms with Crippen molar-refractivity contribution in [1.82, 2.24) is 19.5 Å². The van der Waals surface area contributed by atoms with E-state index in [1.165, 1.54) is 54.2 Å². The summed E-state index contributed by atoms with van der Waals surface area (Å²) in [5.41, 5.74) is 10.8. The molecule has 2 aliphatic carbocycles. The molecule has 56 heavy (non-hydrogen) atoms. The summed E-state index contributed by atoms with van der Waals surface area (Å²) in [5, 5.41) is 11.8. The average Bonchev–Trinajstić information content (AvgIpc) is 3.57. The van der Waals surface area contributed by atoms with Crippen molar-refractivity contribution in [3.8, 4) is 57.0 Å². The van der Waals surface area contributed by atoms with Gasteiger partial charge in [-0.25, -0.2) is 15.0 Å².